The molecule has 1 aromatic rings. The molecule has 16 heavy (non-hydrogen) atoms. The van der Waals surface area contributed by atoms with Crippen LogP contribution in [0.4, 0.5) is 0 Å². The van der Waals surface area contributed by atoms with Gasteiger partial charge < -0.3 is 10.1 Å². The molecular formula is C13H21NOS. The lowest BCUT2D eigenvalue weighted by Crippen LogP contribution is -2.16. The second-order valence-corrected chi connectivity index (χ2v) is 4.45. The number of nitrogens with one attached hydrogen (secondary N) is 1. The number of thioether (sulfide) groups is 1. The molecule has 0 aliphatic heterocycles. The minimum absolute atomic E-state index is 0.816. The van der Waals surface area contributed by atoms with Crippen molar-refractivity contribution in [3.63, 3.8) is 0 Å². The first-order valence-electron chi connectivity index (χ1n) is 5.78. The van der Waals surface area contributed by atoms with Crippen molar-refractivity contribution in [1.29, 1.82) is 0 Å². The van der Waals surface area contributed by atoms with Crippen LogP contribution in [0, 0.1) is 0 Å². The van der Waals surface area contributed by atoms with Crippen LogP contribution in [0.2, 0.25) is 0 Å². The predicted molar refractivity (Wildman–Crippen MR) is 71.0 cm³/mol. The zero-order valence-corrected chi connectivity index (χ0v) is 11.0. The third-order valence-electron chi connectivity index (χ3n) is 2.33. The lowest BCUT2D eigenvalue weighted by Gasteiger charge is -2.05. The van der Waals surface area contributed by atoms with Crippen molar-refractivity contribution in [2.24, 2.45) is 0 Å². The maximum absolute atomic E-state index is 5.27. The summed E-state index contributed by atoms with van der Waals surface area (Å²) >= 11 is 1.78. The molecule has 0 saturated carbocycles. The van der Waals surface area contributed by atoms with E-state index in [-0.39, 0.29) is 0 Å². The lowest BCUT2D eigenvalue weighted by atomic mass is 10.2. The SMILES string of the molecule is CCOCCCNCc1ccc(SC)cc1. The topological polar surface area (TPSA) is 21.3 Å². The zero-order chi connectivity index (χ0) is 11.6. The summed E-state index contributed by atoms with van der Waals surface area (Å²) in [5, 5.41) is 3.41. The van der Waals surface area contributed by atoms with E-state index in [2.05, 4.69) is 35.8 Å². The molecule has 0 amide bonds. The summed E-state index contributed by atoms with van der Waals surface area (Å²) in [7, 11) is 0. The number of hydrogen-bond acceptors (Lipinski definition) is 3. The molecule has 0 saturated heterocycles. The maximum atomic E-state index is 5.27. The van der Waals surface area contributed by atoms with Gasteiger partial charge in [-0.15, -0.1) is 11.8 Å². The summed E-state index contributed by atoms with van der Waals surface area (Å²) in [6.07, 6.45) is 3.18. The van der Waals surface area contributed by atoms with Crippen LogP contribution in [0.5, 0.6) is 0 Å². The van der Waals surface area contributed by atoms with Crippen molar-refractivity contribution in [3.8, 4) is 0 Å². The van der Waals surface area contributed by atoms with Crippen LogP contribution in [-0.2, 0) is 11.3 Å². The van der Waals surface area contributed by atoms with Crippen molar-refractivity contribution in [2.45, 2.75) is 24.8 Å². The number of ether oxygens (including phenoxy) is 1. The van der Waals surface area contributed by atoms with E-state index in [1.54, 1.807) is 11.8 Å². The van der Waals surface area contributed by atoms with E-state index >= 15 is 0 Å². The molecule has 1 N–H and O–H groups in total. The zero-order valence-electron chi connectivity index (χ0n) is 10.2. The smallest absolute Gasteiger partial charge is 0.0477 e. The van der Waals surface area contributed by atoms with Crippen LogP contribution in [0.25, 0.3) is 0 Å². The summed E-state index contributed by atoms with van der Waals surface area (Å²) in [5.74, 6) is 0. The molecule has 3 heteroatoms. The van der Waals surface area contributed by atoms with Crippen molar-refractivity contribution >= 4 is 11.8 Å². The molecule has 1 aromatic carbocycles. The van der Waals surface area contributed by atoms with Gasteiger partial charge in [0.15, 0.2) is 0 Å². The van der Waals surface area contributed by atoms with E-state index in [0.717, 1.165) is 32.7 Å². The molecule has 1 rings (SSSR count). The molecular weight excluding hydrogens is 218 g/mol. The van der Waals surface area contributed by atoms with Crippen molar-refractivity contribution in [2.75, 3.05) is 26.0 Å². The van der Waals surface area contributed by atoms with E-state index < -0.39 is 0 Å². The largest absolute Gasteiger partial charge is 0.382 e. The highest BCUT2D eigenvalue weighted by Gasteiger charge is 1.93. The fraction of sp³-hybridized carbons (Fsp3) is 0.538. The van der Waals surface area contributed by atoms with Crippen molar-refractivity contribution in [3.05, 3.63) is 29.8 Å². The molecule has 0 atom stereocenters. The first-order chi connectivity index (χ1) is 7.86. The van der Waals surface area contributed by atoms with Crippen LogP contribution >= 0.6 is 11.8 Å². The Kier molecular flexibility index (Phi) is 7.30. The fourth-order valence-corrected chi connectivity index (χ4v) is 1.83. The number of benzene rings is 1. The van der Waals surface area contributed by atoms with E-state index in [1.165, 1.54) is 10.5 Å². The second kappa shape index (κ2) is 8.62. The molecule has 0 aliphatic carbocycles. The van der Waals surface area contributed by atoms with Crippen LogP contribution in [0.15, 0.2) is 29.2 Å². The van der Waals surface area contributed by atoms with Gasteiger partial charge in [-0.3, -0.25) is 0 Å². The Morgan fingerprint density at radius 2 is 2.00 bits per heavy atom. The molecule has 0 radical (unpaired) electrons. The van der Waals surface area contributed by atoms with Gasteiger partial charge in [0.1, 0.15) is 0 Å². The van der Waals surface area contributed by atoms with Gasteiger partial charge in [-0.2, -0.15) is 0 Å². The van der Waals surface area contributed by atoms with Crippen LogP contribution in [-0.4, -0.2) is 26.0 Å². The van der Waals surface area contributed by atoms with Crippen LogP contribution in [0.1, 0.15) is 18.9 Å². The van der Waals surface area contributed by atoms with Crippen LogP contribution in [0.3, 0.4) is 0 Å². The number of rotatable bonds is 8. The Morgan fingerprint density at radius 3 is 2.62 bits per heavy atom. The summed E-state index contributed by atoms with van der Waals surface area (Å²) in [6.45, 7) is 5.66. The quantitative estimate of drug-likeness (QED) is 0.557. The minimum Gasteiger partial charge on any atom is -0.382 e. The summed E-state index contributed by atoms with van der Waals surface area (Å²) in [5.41, 5.74) is 1.34. The molecule has 0 spiro atoms. The van der Waals surface area contributed by atoms with Crippen LogP contribution < -0.4 is 5.32 Å². The third-order valence-corrected chi connectivity index (χ3v) is 3.08. The molecule has 0 bridgehead atoms. The second-order valence-electron chi connectivity index (χ2n) is 3.58. The third kappa shape index (κ3) is 5.54. The van der Waals surface area contributed by atoms with Gasteiger partial charge in [0.25, 0.3) is 0 Å². The average molecular weight is 239 g/mol. The predicted octanol–water partition coefficient (Wildman–Crippen LogP) is 2.92. The van der Waals surface area contributed by atoms with E-state index in [1.807, 2.05) is 6.92 Å². The van der Waals surface area contributed by atoms with Gasteiger partial charge in [-0.1, -0.05) is 12.1 Å². The lowest BCUT2D eigenvalue weighted by molar-refractivity contribution is 0.144. The first kappa shape index (κ1) is 13.6. The van der Waals surface area contributed by atoms with Crippen molar-refractivity contribution in [1.82, 2.24) is 5.32 Å². The normalized spacial score (nSPS) is 10.6. The molecule has 90 valence electrons. The Morgan fingerprint density at radius 1 is 1.25 bits per heavy atom. The highest BCUT2D eigenvalue weighted by atomic mass is 32.2. The number of hydrogen-bond donors (Lipinski definition) is 1. The fourth-order valence-electron chi connectivity index (χ4n) is 1.42. The Balaban J connectivity index is 2.12. The van der Waals surface area contributed by atoms with Gasteiger partial charge in [0.2, 0.25) is 0 Å². The van der Waals surface area contributed by atoms with E-state index in [9.17, 15) is 0 Å². The molecule has 2 nitrogen and oxygen atoms in total. The Bertz CT molecular complexity index is 274. The highest BCUT2D eigenvalue weighted by molar-refractivity contribution is 7.98. The van der Waals surface area contributed by atoms with Crippen molar-refractivity contribution < 1.29 is 4.74 Å². The van der Waals surface area contributed by atoms with Gasteiger partial charge in [-0.25, -0.2) is 0 Å². The van der Waals surface area contributed by atoms with E-state index in [0.29, 0.717) is 0 Å². The first-order valence-corrected chi connectivity index (χ1v) is 7.00. The summed E-state index contributed by atoms with van der Waals surface area (Å²) < 4.78 is 5.27. The van der Waals surface area contributed by atoms with Gasteiger partial charge >= 0.3 is 0 Å². The minimum atomic E-state index is 0.816. The van der Waals surface area contributed by atoms with Gasteiger partial charge in [0.05, 0.1) is 0 Å². The Hall–Kier alpha value is -0.510. The average Bonchev–Trinajstić information content (AvgIpc) is 2.34. The molecule has 0 aliphatic rings. The summed E-state index contributed by atoms with van der Waals surface area (Å²) in [6, 6.07) is 8.70. The highest BCUT2D eigenvalue weighted by Crippen LogP contribution is 2.14. The van der Waals surface area contributed by atoms with E-state index in [4.69, 9.17) is 4.74 Å². The van der Waals surface area contributed by atoms with Gasteiger partial charge in [-0.05, 0) is 43.8 Å². The standard InChI is InChI=1S/C13H21NOS/c1-3-15-10-4-9-14-11-12-5-7-13(16-2)8-6-12/h5-8,14H,3-4,9-11H2,1-2H3. The summed E-state index contributed by atoms with van der Waals surface area (Å²) in [4.78, 5) is 1.32. The molecule has 0 heterocycles. The molecule has 0 fully saturated rings. The monoisotopic (exact) mass is 239 g/mol. The maximum Gasteiger partial charge on any atom is 0.0477 e. The Labute approximate surface area is 103 Å². The molecule has 0 unspecified atom stereocenters. The molecule has 0 aromatic heterocycles. The van der Waals surface area contributed by atoms with Gasteiger partial charge in [0, 0.05) is 24.7 Å².